The molecule has 0 spiro atoms. The summed E-state index contributed by atoms with van der Waals surface area (Å²) in [5.74, 6) is -1.44. The summed E-state index contributed by atoms with van der Waals surface area (Å²) in [6, 6.07) is 11.6. The van der Waals surface area contributed by atoms with Crippen LogP contribution in [0.2, 0.25) is 0 Å². The normalized spacial score (nSPS) is 13.8. The smallest absolute Gasteiger partial charge is 0.340 e. The SMILES string of the molecule is CCCc1ccc(O)c(CCC)c1C1(c2c(CCC)ccc(O)c2CCC)OC(=O)c2ccc(C(=O)O)cc21. The molecule has 4 rings (SSSR count). The quantitative estimate of drug-likeness (QED) is 0.229. The van der Waals surface area contributed by atoms with Crippen LogP contribution in [-0.2, 0) is 36.0 Å². The maximum Gasteiger partial charge on any atom is 0.340 e. The summed E-state index contributed by atoms with van der Waals surface area (Å²) < 4.78 is 6.53. The van der Waals surface area contributed by atoms with E-state index in [1.54, 1.807) is 12.1 Å². The van der Waals surface area contributed by atoms with Gasteiger partial charge in [-0.2, -0.15) is 0 Å². The van der Waals surface area contributed by atoms with Gasteiger partial charge in [0.2, 0.25) is 0 Å². The summed E-state index contributed by atoms with van der Waals surface area (Å²) >= 11 is 0. The first-order valence-corrected chi connectivity index (χ1v) is 14.0. The highest BCUT2D eigenvalue weighted by Gasteiger charge is 2.53. The van der Waals surface area contributed by atoms with Crippen LogP contribution in [0.5, 0.6) is 11.5 Å². The summed E-state index contributed by atoms with van der Waals surface area (Å²) in [4.78, 5) is 25.8. The minimum Gasteiger partial charge on any atom is -0.508 e. The topological polar surface area (TPSA) is 104 Å². The standard InChI is InChI=1S/C33H38O6/c1-5-9-20-14-17-27(34)24(11-7-3)29(20)33(26-19-22(31(36)37)13-16-23(26)32(38)39-33)30-21(10-6-2)15-18-28(35)25(30)12-8-4/h13-19,34-35H,5-12H2,1-4H3,(H,36,37). The molecule has 0 saturated carbocycles. The van der Waals surface area contributed by atoms with Crippen molar-refractivity contribution in [2.45, 2.75) is 84.7 Å². The fourth-order valence-corrected chi connectivity index (χ4v) is 6.10. The van der Waals surface area contributed by atoms with Crippen molar-refractivity contribution in [1.29, 1.82) is 0 Å². The molecule has 0 fully saturated rings. The maximum absolute atomic E-state index is 13.7. The van der Waals surface area contributed by atoms with Gasteiger partial charge in [0.25, 0.3) is 0 Å². The number of carbonyl (C=O) groups excluding carboxylic acids is 1. The molecule has 206 valence electrons. The van der Waals surface area contributed by atoms with E-state index < -0.39 is 17.5 Å². The van der Waals surface area contributed by atoms with Gasteiger partial charge in [-0.1, -0.05) is 65.5 Å². The van der Waals surface area contributed by atoms with E-state index in [9.17, 15) is 24.9 Å². The molecule has 0 saturated heterocycles. The van der Waals surface area contributed by atoms with Crippen molar-refractivity contribution < 1.29 is 29.6 Å². The number of aromatic hydroxyl groups is 2. The molecular formula is C33H38O6. The van der Waals surface area contributed by atoms with Gasteiger partial charge in [0, 0.05) is 27.8 Å². The van der Waals surface area contributed by atoms with Crippen LogP contribution in [0.3, 0.4) is 0 Å². The molecule has 3 aromatic carbocycles. The van der Waals surface area contributed by atoms with Gasteiger partial charge < -0.3 is 20.1 Å². The second kappa shape index (κ2) is 11.5. The second-order valence-corrected chi connectivity index (χ2v) is 10.3. The van der Waals surface area contributed by atoms with E-state index in [2.05, 4.69) is 13.8 Å². The predicted molar refractivity (Wildman–Crippen MR) is 151 cm³/mol. The third-order valence-electron chi connectivity index (χ3n) is 7.60. The number of aromatic carboxylic acids is 1. The molecule has 0 atom stereocenters. The molecule has 0 unspecified atom stereocenters. The van der Waals surface area contributed by atoms with Crippen LogP contribution in [0, 0.1) is 0 Å². The lowest BCUT2D eigenvalue weighted by atomic mass is 9.70. The van der Waals surface area contributed by atoms with Crippen LogP contribution in [0.25, 0.3) is 0 Å². The monoisotopic (exact) mass is 530 g/mol. The van der Waals surface area contributed by atoms with E-state index in [-0.39, 0.29) is 17.1 Å². The van der Waals surface area contributed by atoms with Crippen LogP contribution in [-0.4, -0.2) is 27.3 Å². The average molecular weight is 531 g/mol. The Hall–Kier alpha value is -3.80. The van der Waals surface area contributed by atoms with Crippen molar-refractivity contribution in [3.05, 3.63) is 92.5 Å². The van der Waals surface area contributed by atoms with Gasteiger partial charge in [-0.25, -0.2) is 9.59 Å². The molecule has 1 heterocycles. The molecule has 1 aliphatic heterocycles. The van der Waals surface area contributed by atoms with E-state index >= 15 is 0 Å². The number of rotatable bonds is 11. The number of hydrogen-bond acceptors (Lipinski definition) is 5. The first-order chi connectivity index (χ1) is 18.7. The number of benzene rings is 3. The summed E-state index contributed by atoms with van der Waals surface area (Å²) in [7, 11) is 0. The van der Waals surface area contributed by atoms with Crippen molar-refractivity contribution in [3.63, 3.8) is 0 Å². The van der Waals surface area contributed by atoms with E-state index in [4.69, 9.17) is 4.74 Å². The fraction of sp³-hybridized carbons (Fsp3) is 0.394. The van der Waals surface area contributed by atoms with Gasteiger partial charge in [0.05, 0.1) is 11.1 Å². The number of carboxylic acids is 1. The number of ether oxygens (including phenoxy) is 1. The van der Waals surface area contributed by atoms with E-state index in [0.717, 1.165) is 36.8 Å². The second-order valence-electron chi connectivity index (χ2n) is 10.3. The fourth-order valence-electron chi connectivity index (χ4n) is 6.10. The Kier molecular flexibility index (Phi) is 8.34. The van der Waals surface area contributed by atoms with Crippen molar-refractivity contribution in [3.8, 4) is 11.5 Å². The van der Waals surface area contributed by atoms with E-state index in [0.29, 0.717) is 59.1 Å². The molecular weight excluding hydrogens is 492 g/mol. The summed E-state index contributed by atoms with van der Waals surface area (Å²) in [6.07, 6.45) is 5.54. The summed E-state index contributed by atoms with van der Waals surface area (Å²) in [5, 5.41) is 32.4. The van der Waals surface area contributed by atoms with Crippen LogP contribution in [0.15, 0.2) is 42.5 Å². The van der Waals surface area contributed by atoms with E-state index in [1.807, 2.05) is 26.0 Å². The average Bonchev–Trinajstić information content (AvgIpc) is 3.20. The van der Waals surface area contributed by atoms with Crippen LogP contribution >= 0.6 is 0 Å². The lowest BCUT2D eigenvalue weighted by molar-refractivity contribution is 0.0240. The van der Waals surface area contributed by atoms with Gasteiger partial charge in [-0.3, -0.25) is 0 Å². The van der Waals surface area contributed by atoms with Crippen LogP contribution < -0.4 is 0 Å². The molecule has 0 aliphatic carbocycles. The largest absolute Gasteiger partial charge is 0.508 e. The Balaban J connectivity index is 2.30. The van der Waals surface area contributed by atoms with Crippen molar-refractivity contribution in [2.24, 2.45) is 0 Å². The number of hydrogen-bond donors (Lipinski definition) is 3. The predicted octanol–water partition coefficient (Wildman–Crippen LogP) is 7.07. The molecule has 6 heteroatoms. The third kappa shape index (κ3) is 4.77. The molecule has 6 nitrogen and oxygen atoms in total. The number of carboxylic acid groups (broad SMARTS) is 1. The zero-order chi connectivity index (χ0) is 28.3. The third-order valence-corrected chi connectivity index (χ3v) is 7.60. The van der Waals surface area contributed by atoms with Gasteiger partial charge in [0.15, 0.2) is 5.60 Å². The highest BCUT2D eigenvalue weighted by Crippen LogP contribution is 2.54. The Bertz CT molecular complexity index is 1340. The van der Waals surface area contributed by atoms with Gasteiger partial charge >= 0.3 is 11.9 Å². The first kappa shape index (κ1) is 28.2. The molecule has 39 heavy (non-hydrogen) atoms. The summed E-state index contributed by atoms with van der Waals surface area (Å²) in [5.41, 5.74) is 3.81. The molecule has 0 bridgehead atoms. The molecule has 1 aliphatic rings. The Morgan fingerprint density at radius 3 is 1.67 bits per heavy atom. The minimum absolute atomic E-state index is 0.0416. The van der Waals surface area contributed by atoms with Gasteiger partial charge in [0.1, 0.15) is 11.5 Å². The molecule has 0 radical (unpaired) electrons. The number of aryl methyl sites for hydroxylation is 2. The Labute approximate surface area is 230 Å². The Morgan fingerprint density at radius 2 is 1.23 bits per heavy atom. The Morgan fingerprint density at radius 1 is 0.744 bits per heavy atom. The zero-order valence-electron chi connectivity index (χ0n) is 23.3. The minimum atomic E-state index is -1.53. The van der Waals surface area contributed by atoms with Gasteiger partial charge in [-0.15, -0.1) is 0 Å². The number of phenols is 2. The van der Waals surface area contributed by atoms with Crippen molar-refractivity contribution in [1.82, 2.24) is 0 Å². The van der Waals surface area contributed by atoms with Gasteiger partial charge in [-0.05, 0) is 67.1 Å². The highest BCUT2D eigenvalue weighted by atomic mass is 16.6. The van der Waals surface area contributed by atoms with E-state index in [1.165, 1.54) is 18.2 Å². The van der Waals surface area contributed by atoms with Crippen molar-refractivity contribution in [2.75, 3.05) is 0 Å². The van der Waals surface area contributed by atoms with Crippen LogP contribution in [0.4, 0.5) is 0 Å². The lowest BCUT2D eigenvalue weighted by Gasteiger charge is -2.37. The number of fused-ring (bicyclic) bond motifs is 1. The van der Waals surface area contributed by atoms with Crippen molar-refractivity contribution >= 4 is 11.9 Å². The molecule has 0 aromatic heterocycles. The molecule has 0 amide bonds. The number of phenolic OH excluding ortho intramolecular Hbond substituents is 2. The lowest BCUT2D eigenvalue weighted by Crippen LogP contribution is -2.35. The van der Waals surface area contributed by atoms with Crippen LogP contribution in [0.1, 0.15) is 113 Å². The highest BCUT2D eigenvalue weighted by molar-refractivity contribution is 5.99. The molecule has 3 aromatic rings. The number of carbonyl (C=O) groups is 2. The number of esters is 1. The maximum atomic E-state index is 13.7. The zero-order valence-corrected chi connectivity index (χ0v) is 23.3. The number of cyclic esters (lactones) is 1. The first-order valence-electron chi connectivity index (χ1n) is 14.0. The molecule has 3 N–H and O–H groups in total. The summed E-state index contributed by atoms with van der Waals surface area (Å²) in [6.45, 7) is 8.19.